The van der Waals surface area contributed by atoms with Crippen molar-refractivity contribution in [1.29, 1.82) is 0 Å². The zero-order chi connectivity index (χ0) is 11.6. The Morgan fingerprint density at radius 3 is 2.56 bits per heavy atom. The molecule has 0 spiro atoms. The van der Waals surface area contributed by atoms with Crippen LogP contribution in [-0.2, 0) is 10.0 Å². The van der Waals surface area contributed by atoms with Gasteiger partial charge in [0.05, 0.1) is 4.90 Å². The molecule has 1 aromatic carbocycles. The Labute approximate surface area is 99.9 Å². The van der Waals surface area contributed by atoms with Gasteiger partial charge in [-0.05, 0) is 18.2 Å². The number of hydrogen-bond donors (Lipinski definition) is 1. The number of nitrogens with two attached hydrogens (primary N) is 1. The summed E-state index contributed by atoms with van der Waals surface area (Å²) in [6.45, 7) is 1.17. The summed E-state index contributed by atoms with van der Waals surface area (Å²) < 4.78 is 25.9. The molecule has 1 fully saturated rings. The monoisotopic (exact) mass is 258 g/mol. The number of nitrogen functional groups attached to an aromatic ring is 1. The number of hydrogen-bond acceptors (Lipinski definition) is 4. The summed E-state index contributed by atoms with van der Waals surface area (Å²) in [7, 11) is -3.34. The van der Waals surface area contributed by atoms with Gasteiger partial charge in [-0.15, -0.1) is 0 Å². The highest BCUT2D eigenvalue weighted by molar-refractivity contribution is 7.99. The standard InChI is InChI=1S/C10H14N2O2S2/c11-9-2-1-3-10(8-9)16(13,14)12-4-6-15-7-5-12/h1-3,8H,4-7,11H2. The Hall–Kier alpha value is -0.720. The van der Waals surface area contributed by atoms with E-state index in [-0.39, 0.29) is 0 Å². The number of rotatable bonds is 2. The van der Waals surface area contributed by atoms with Gasteiger partial charge >= 0.3 is 0 Å². The van der Waals surface area contributed by atoms with Crippen LogP contribution in [0, 0.1) is 0 Å². The van der Waals surface area contributed by atoms with Gasteiger partial charge in [0, 0.05) is 30.3 Å². The molecule has 16 heavy (non-hydrogen) atoms. The number of benzene rings is 1. The van der Waals surface area contributed by atoms with Gasteiger partial charge < -0.3 is 5.73 Å². The van der Waals surface area contributed by atoms with Crippen LogP contribution in [0.3, 0.4) is 0 Å². The molecule has 4 nitrogen and oxygen atoms in total. The van der Waals surface area contributed by atoms with E-state index in [9.17, 15) is 8.42 Å². The van der Waals surface area contributed by atoms with Crippen LogP contribution in [0.25, 0.3) is 0 Å². The molecule has 6 heteroatoms. The topological polar surface area (TPSA) is 63.4 Å². The second-order valence-electron chi connectivity index (χ2n) is 3.59. The molecular weight excluding hydrogens is 244 g/mol. The first kappa shape index (κ1) is 11.8. The third kappa shape index (κ3) is 2.34. The summed E-state index contributed by atoms with van der Waals surface area (Å²) in [5.41, 5.74) is 6.08. The predicted octanol–water partition coefficient (Wildman–Crippen LogP) is 1.01. The molecule has 0 aromatic heterocycles. The Balaban J connectivity index is 2.30. The second kappa shape index (κ2) is 4.65. The van der Waals surface area contributed by atoms with Gasteiger partial charge in [0.15, 0.2) is 0 Å². The molecule has 0 atom stereocenters. The summed E-state index contributed by atoms with van der Waals surface area (Å²) >= 11 is 1.78. The lowest BCUT2D eigenvalue weighted by atomic mass is 10.3. The molecule has 1 aliphatic rings. The molecule has 0 radical (unpaired) electrons. The molecule has 88 valence electrons. The minimum Gasteiger partial charge on any atom is -0.399 e. The first-order chi connectivity index (χ1) is 7.60. The van der Waals surface area contributed by atoms with Crippen molar-refractivity contribution in [1.82, 2.24) is 4.31 Å². The number of nitrogens with zero attached hydrogens (tertiary/aromatic N) is 1. The smallest absolute Gasteiger partial charge is 0.243 e. The van der Waals surface area contributed by atoms with Gasteiger partial charge in [0.2, 0.25) is 10.0 Å². The average Bonchev–Trinajstić information content (AvgIpc) is 2.30. The van der Waals surface area contributed by atoms with Crippen LogP contribution in [0.2, 0.25) is 0 Å². The van der Waals surface area contributed by atoms with Crippen molar-refractivity contribution in [2.45, 2.75) is 4.90 Å². The van der Waals surface area contributed by atoms with Crippen LogP contribution in [0.1, 0.15) is 0 Å². The van der Waals surface area contributed by atoms with E-state index >= 15 is 0 Å². The third-order valence-electron chi connectivity index (χ3n) is 2.47. The van der Waals surface area contributed by atoms with Crippen LogP contribution in [0.5, 0.6) is 0 Å². The molecule has 1 saturated heterocycles. The third-order valence-corrected chi connectivity index (χ3v) is 5.30. The fourth-order valence-corrected chi connectivity index (χ4v) is 4.24. The van der Waals surface area contributed by atoms with Gasteiger partial charge in [-0.25, -0.2) is 8.42 Å². The maximum absolute atomic E-state index is 12.2. The Kier molecular flexibility index (Phi) is 3.41. The SMILES string of the molecule is Nc1cccc(S(=O)(=O)N2CCSCC2)c1. The molecule has 0 amide bonds. The highest BCUT2D eigenvalue weighted by Crippen LogP contribution is 2.21. The summed E-state index contributed by atoms with van der Waals surface area (Å²) in [5.74, 6) is 1.73. The van der Waals surface area contributed by atoms with Crippen LogP contribution >= 0.6 is 11.8 Å². The van der Waals surface area contributed by atoms with Crippen LogP contribution < -0.4 is 5.73 Å². The quantitative estimate of drug-likeness (QED) is 0.804. The Bertz CT molecular complexity index is 467. The molecule has 0 bridgehead atoms. The van der Waals surface area contributed by atoms with E-state index < -0.39 is 10.0 Å². The largest absolute Gasteiger partial charge is 0.399 e. The number of thioether (sulfide) groups is 1. The van der Waals surface area contributed by atoms with Crippen molar-refractivity contribution < 1.29 is 8.42 Å². The van der Waals surface area contributed by atoms with Crippen molar-refractivity contribution >= 4 is 27.5 Å². The van der Waals surface area contributed by atoms with Gasteiger partial charge in [0.25, 0.3) is 0 Å². The van der Waals surface area contributed by atoms with E-state index in [1.54, 1.807) is 30.0 Å². The lowest BCUT2D eigenvalue weighted by molar-refractivity contribution is 0.443. The summed E-state index contributed by atoms with van der Waals surface area (Å²) in [5, 5.41) is 0. The van der Waals surface area contributed by atoms with E-state index in [0.717, 1.165) is 11.5 Å². The zero-order valence-corrected chi connectivity index (χ0v) is 10.4. The van der Waals surface area contributed by atoms with E-state index in [1.807, 2.05) is 0 Å². The lowest BCUT2D eigenvalue weighted by Crippen LogP contribution is -2.37. The highest BCUT2D eigenvalue weighted by atomic mass is 32.2. The molecular formula is C10H14N2O2S2. The first-order valence-electron chi connectivity index (χ1n) is 5.04. The minimum atomic E-state index is -3.34. The first-order valence-corrected chi connectivity index (χ1v) is 7.63. The Morgan fingerprint density at radius 2 is 1.94 bits per heavy atom. The number of sulfonamides is 1. The molecule has 0 saturated carbocycles. The molecule has 2 N–H and O–H groups in total. The van der Waals surface area contributed by atoms with E-state index in [1.165, 1.54) is 10.4 Å². The zero-order valence-electron chi connectivity index (χ0n) is 8.80. The fourth-order valence-electron chi connectivity index (χ4n) is 1.61. The van der Waals surface area contributed by atoms with E-state index in [4.69, 9.17) is 5.73 Å². The predicted molar refractivity (Wildman–Crippen MR) is 66.9 cm³/mol. The van der Waals surface area contributed by atoms with Crippen molar-refractivity contribution in [2.75, 3.05) is 30.3 Å². The highest BCUT2D eigenvalue weighted by Gasteiger charge is 2.25. The van der Waals surface area contributed by atoms with Crippen molar-refractivity contribution in [3.8, 4) is 0 Å². The van der Waals surface area contributed by atoms with Gasteiger partial charge in [-0.3, -0.25) is 0 Å². The normalized spacial score (nSPS) is 18.5. The molecule has 1 aromatic rings. The van der Waals surface area contributed by atoms with Crippen molar-refractivity contribution in [3.63, 3.8) is 0 Å². The van der Waals surface area contributed by atoms with Crippen LogP contribution in [-0.4, -0.2) is 37.3 Å². The van der Waals surface area contributed by atoms with E-state index in [2.05, 4.69) is 0 Å². The van der Waals surface area contributed by atoms with Crippen LogP contribution in [0.15, 0.2) is 29.2 Å². The summed E-state index contributed by atoms with van der Waals surface area (Å²) in [6.07, 6.45) is 0. The van der Waals surface area contributed by atoms with Gasteiger partial charge in [-0.2, -0.15) is 16.1 Å². The minimum absolute atomic E-state index is 0.291. The van der Waals surface area contributed by atoms with Gasteiger partial charge in [0.1, 0.15) is 0 Å². The maximum atomic E-state index is 12.2. The fraction of sp³-hybridized carbons (Fsp3) is 0.400. The van der Waals surface area contributed by atoms with Crippen molar-refractivity contribution in [3.05, 3.63) is 24.3 Å². The van der Waals surface area contributed by atoms with E-state index in [0.29, 0.717) is 23.7 Å². The Morgan fingerprint density at radius 1 is 1.25 bits per heavy atom. The molecule has 0 unspecified atom stereocenters. The summed E-state index contributed by atoms with van der Waals surface area (Å²) in [4.78, 5) is 0.291. The molecule has 1 aliphatic heterocycles. The van der Waals surface area contributed by atoms with Crippen LogP contribution in [0.4, 0.5) is 5.69 Å². The maximum Gasteiger partial charge on any atom is 0.243 e. The molecule has 1 heterocycles. The summed E-state index contributed by atoms with van der Waals surface area (Å²) in [6, 6.07) is 6.45. The van der Waals surface area contributed by atoms with Crippen molar-refractivity contribution in [2.24, 2.45) is 0 Å². The second-order valence-corrected chi connectivity index (χ2v) is 6.75. The lowest BCUT2D eigenvalue weighted by Gasteiger charge is -2.25. The number of anilines is 1. The van der Waals surface area contributed by atoms with Gasteiger partial charge in [-0.1, -0.05) is 6.07 Å². The average molecular weight is 258 g/mol. The molecule has 2 rings (SSSR count). The molecule has 0 aliphatic carbocycles.